The van der Waals surface area contributed by atoms with Gasteiger partial charge in [-0.3, -0.25) is 9.48 Å². The van der Waals surface area contributed by atoms with Gasteiger partial charge >= 0.3 is 0 Å². The predicted molar refractivity (Wildman–Crippen MR) is 128 cm³/mol. The number of benzene rings is 1. The largest absolute Gasteiger partial charge is 0.378 e. The smallest absolute Gasteiger partial charge is 0.273 e. The number of hydrogen-bond acceptors (Lipinski definition) is 4. The summed E-state index contributed by atoms with van der Waals surface area (Å²) in [5, 5.41) is 16.9. The lowest BCUT2D eigenvalue weighted by molar-refractivity contribution is 0.411. The average Bonchev–Trinajstić information content (AvgIpc) is 3.23. The number of nitriles is 1. The summed E-state index contributed by atoms with van der Waals surface area (Å²) in [5.74, 6) is 0.896. The molecule has 0 radical (unpaired) electrons. The molecule has 1 aliphatic rings. The summed E-state index contributed by atoms with van der Waals surface area (Å²) in [7, 11) is 1.90. The lowest BCUT2D eigenvalue weighted by atomic mass is 9.81. The Labute approximate surface area is 189 Å². The summed E-state index contributed by atoms with van der Waals surface area (Å²) < 4.78 is 3.61. The Kier molecular flexibility index (Phi) is 6.45. The molecule has 0 aliphatic heterocycles. The van der Waals surface area contributed by atoms with Crippen LogP contribution in [0, 0.1) is 17.2 Å². The minimum absolute atomic E-state index is 0.0422. The van der Waals surface area contributed by atoms with Gasteiger partial charge in [0.2, 0.25) is 0 Å². The van der Waals surface area contributed by atoms with E-state index in [2.05, 4.69) is 42.5 Å². The molecule has 0 unspecified atom stereocenters. The van der Waals surface area contributed by atoms with Gasteiger partial charge in [0.05, 0.1) is 17.8 Å². The van der Waals surface area contributed by atoms with E-state index in [1.165, 1.54) is 5.56 Å². The Morgan fingerprint density at radius 3 is 2.44 bits per heavy atom. The minimum Gasteiger partial charge on any atom is -0.378 e. The molecule has 1 aromatic carbocycles. The van der Waals surface area contributed by atoms with Crippen LogP contribution < -0.4 is 10.9 Å². The van der Waals surface area contributed by atoms with Crippen LogP contribution in [0.2, 0.25) is 0 Å². The molecule has 0 bridgehead atoms. The molecule has 2 heterocycles. The van der Waals surface area contributed by atoms with Crippen molar-refractivity contribution < 1.29 is 0 Å². The molecule has 2 aromatic heterocycles. The number of pyridine rings is 1. The average molecular weight is 430 g/mol. The molecule has 0 saturated heterocycles. The summed E-state index contributed by atoms with van der Waals surface area (Å²) in [4.78, 5) is 13.2. The number of rotatable bonds is 6. The molecule has 32 heavy (non-hydrogen) atoms. The van der Waals surface area contributed by atoms with Gasteiger partial charge in [-0.2, -0.15) is 10.4 Å². The van der Waals surface area contributed by atoms with Gasteiger partial charge in [0.25, 0.3) is 5.56 Å². The van der Waals surface area contributed by atoms with Crippen LogP contribution in [-0.2, 0) is 13.6 Å². The van der Waals surface area contributed by atoms with Crippen LogP contribution in [0.1, 0.15) is 56.6 Å². The van der Waals surface area contributed by atoms with Gasteiger partial charge in [-0.05, 0) is 61.3 Å². The van der Waals surface area contributed by atoms with Crippen LogP contribution in [0.25, 0.3) is 11.1 Å². The molecule has 3 aromatic rings. The molecule has 0 amide bonds. The first-order valence-electron chi connectivity index (χ1n) is 11.4. The van der Waals surface area contributed by atoms with Crippen LogP contribution in [0.3, 0.4) is 0 Å². The standard InChI is InChI=1S/C26H31N5O/c1-18(2)15-31-17-22(23-14-28-30(3)16-23)12-25(26(31)32)29-24-10-8-21(9-11-24)20-6-4-19(13-27)5-7-20/h4-7,12,14,16-18,21,24,29H,8-11,15H2,1-3H3/t21-,24+. The first-order chi connectivity index (χ1) is 15.4. The number of anilines is 1. The van der Waals surface area contributed by atoms with E-state index in [0.717, 1.165) is 36.8 Å². The molecular weight excluding hydrogens is 398 g/mol. The third-order valence-electron chi connectivity index (χ3n) is 6.28. The Morgan fingerprint density at radius 2 is 1.84 bits per heavy atom. The Hall–Kier alpha value is -3.33. The Morgan fingerprint density at radius 1 is 1.12 bits per heavy atom. The molecule has 1 aliphatic carbocycles. The highest BCUT2D eigenvalue weighted by molar-refractivity contribution is 5.65. The van der Waals surface area contributed by atoms with Gasteiger partial charge in [0.15, 0.2) is 0 Å². The zero-order valence-corrected chi connectivity index (χ0v) is 19.1. The second kappa shape index (κ2) is 9.44. The van der Waals surface area contributed by atoms with Crippen molar-refractivity contribution in [3.8, 4) is 17.2 Å². The quantitative estimate of drug-likeness (QED) is 0.604. The van der Waals surface area contributed by atoms with Gasteiger partial charge < -0.3 is 9.88 Å². The summed E-state index contributed by atoms with van der Waals surface area (Å²) in [6.45, 7) is 4.94. The minimum atomic E-state index is 0.0422. The molecule has 6 heteroatoms. The van der Waals surface area contributed by atoms with Crippen LogP contribution in [-0.4, -0.2) is 20.4 Å². The zero-order valence-electron chi connectivity index (χ0n) is 19.1. The van der Waals surface area contributed by atoms with Crippen molar-refractivity contribution in [2.75, 3.05) is 5.32 Å². The van der Waals surface area contributed by atoms with E-state index in [4.69, 9.17) is 5.26 Å². The maximum atomic E-state index is 13.2. The third kappa shape index (κ3) is 4.94. The lowest BCUT2D eigenvalue weighted by Crippen LogP contribution is -2.31. The van der Waals surface area contributed by atoms with Gasteiger partial charge in [0, 0.05) is 43.2 Å². The second-order valence-corrected chi connectivity index (χ2v) is 9.32. The summed E-state index contributed by atoms with van der Waals surface area (Å²) in [5.41, 5.74) is 4.75. The van der Waals surface area contributed by atoms with E-state index < -0.39 is 0 Å². The first kappa shape index (κ1) is 21.9. The van der Waals surface area contributed by atoms with Crippen molar-refractivity contribution in [2.45, 2.75) is 58.0 Å². The number of nitrogens with zero attached hydrogens (tertiary/aromatic N) is 4. The third-order valence-corrected chi connectivity index (χ3v) is 6.28. The van der Waals surface area contributed by atoms with Crippen LogP contribution in [0.5, 0.6) is 0 Å². The molecular formula is C26H31N5O. The van der Waals surface area contributed by atoms with E-state index in [1.54, 1.807) is 4.68 Å². The van der Waals surface area contributed by atoms with Crippen molar-refractivity contribution in [1.82, 2.24) is 14.3 Å². The molecule has 4 rings (SSSR count). The fraction of sp³-hybridized carbons (Fsp3) is 0.423. The van der Waals surface area contributed by atoms with Crippen LogP contribution in [0.4, 0.5) is 5.69 Å². The van der Waals surface area contributed by atoms with E-state index in [9.17, 15) is 4.79 Å². The van der Waals surface area contributed by atoms with E-state index in [-0.39, 0.29) is 11.6 Å². The zero-order chi connectivity index (χ0) is 22.7. The van der Waals surface area contributed by atoms with Gasteiger partial charge in [-0.15, -0.1) is 0 Å². The van der Waals surface area contributed by atoms with Crippen molar-refractivity contribution in [3.05, 3.63) is 70.4 Å². The summed E-state index contributed by atoms with van der Waals surface area (Å²) in [6, 6.07) is 12.4. The highest BCUT2D eigenvalue weighted by Crippen LogP contribution is 2.34. The number of nitrogens with one attached hydrogen (secondary N) is 1. The molecule has 0 spiro atoms. The normalized spacial score (nSPS) is 18.5. The fourth-order valence-corrected chi connectivity index (χ4v) is 4.62. The van der Waals surface area contributed by atoms with E-state index >= 15 is 0 Å². The fourth-order valence-electron chi connectivity index (χ4n) is 4.62. The maximum Gasteiger partial charge on any atom is 0.273 e. The number of aryl methyl sites for hydroxylation is 1. The van der Waals surface area contributed by atoms with Crippen molar-refractivity contribution >= 4 is 5.69 Å². The SMILES string of the molecule is CC(C)Cn1cc(-c2cnn(C)c2)cc(N[C@H]2CC[C@@H](c3ccc(C#N)cc3)CC2)c1=O. The van der Waals surface area contributed by atoms with Gasteiger partial charge in [-0.25, -0.2) is 0 Å². The monoisotopic (exact) mass is 429 g/mol. The van der Waals surface area contributed by atoms with Crippen LogP contribution >= 0.6 is 0 Å². The Bertz CT molecular complexity index is 1160. The van der Waals surface area contributed by atoms with E-state index in [1.807, 2.05) is 48.4 Å². The maximum absolute atomic E-state index is 13.2. The highest BCUT2D eigenvalue weighted by Gasteiger charge is 2.23. The van der Waals surface area contributed by atoms with Crippen LogP contribution in [0.15, 0.2) is 53.7 Å². The van der Waals surface area contributed by atoms with Crippen molar-refractivity contribution in [3.63, 3.8) is 0 Å². The van der Waals surface area contributed by atoms with Gasteiger partial charge in [-0.1, -0.05) is 26.0 Å². The lowest BCUT2D eigenvalue weighted by Gasteiger charge is -2.30. The van der Waals surface area contributed by atoms with Crippen molar-refractivity contribution in [2.24, 2.45) is 13.0 Å². The number of hydrogen-bond donors (Lipinski definition) is 1. The molecule has 1 fully saturated rings. The molecule has 0 atom stereocenters. The molecule has 1 N–H and O–H groups in total. The Balaban J connectivity index is 1.51. The van der Waals surface area contributed by atoms with Crippen molar-refractivity contribution in [1.29, 1.82) is 5.26 Å². The summed E-state index contributed by atoms with van der Waals surface area (Å²) >= 11 is 0. The summed E-state index contributed by atoms with van der Waals surface area (Å²) in [6.07, 6.45) is 9.96. The predicted octanol–water partition coefficient (Wildman–Crippen LogP) is 4.91. The number of aromatic nitrogens is 3. The highest BCUT2D eigenvalue weighted by atomic mass is 16.1. The second-order valence-electron chi connectivity index (χ2n) is 9.32. The topological polar surface area (TPSA) is 75.6 Å². The van der Waals surface area contributed by atoms with Gasteiger partial charge in [0.1, 0.15) is 5.69 Å². The van der Waals surface area contributed by atoms with E-state index in [0.29, 0.717) is 29.6 Å². The molecule has 6 nitrogen and oxygen atoms in total. The molecule has 1 saturated carbocycles. The first-order valence-corrected chi connectivity index (χ1v) is 11.4. The molecule has 166 valence electrons.